The Morgan fingerprint density at radius 2 is 2.18 bits per heavy atom. The van der Waals surface area contributed by atoms with E-state index in [2.05, 4.69) is 39.0 Å². The fourth-order valence-electron chi connectivity index (χ4n) is 2.55. The third kappa shape index (κ3) is 3.99. The van der Waals surface area contributed by atoms with Crippen LogP contribution < -0.4 is 0 Å². The summed E-state index contributed by atoms with van der Waals surface area (Å²) in [6.45, 7) is 7.39. The fourth-order valence-corrected chi connectivity index (χ4v) is 3.13. The summed E-state index contributed by atoms with van der Waals surface area (Å²) in [7, 11) is 2.16. The van der Waals surface area contributed by atoms with Gasteiger partial charge in [0, 0.05) is 23.9 Å². The second-order valence-electron chi connectivity index (χ2n) is 6.05. The van der Waals surface area contributed by atoms with Gasteiger partial charge in [-0.1, -0.05) is 13.8 Å². The zero-order chi connectivity index (χ0) is 13.1. The average Bonchev–Trinajstić information content (AvgIpc) is 2.53. The quantitative estimate of drug-likeness (QED) is 0.729. The van der Waals surface area contributed by atoms with Crippen molar-refractivity contribution in [3.05, 3.63) is 0 Å². The normalized spacial score (nSPS) is 25.5. The molecule has 0 aliphatic heterocycles. The monoisotopic (exact) mass is 257 g/mol. The lowest BCUT2D eigenvalue weighted by Gasteiger charge is -2.27. The second kappa shape index (κ2) is 6.24. The second-order valence-corrected chi connectivity index (χ2v) is 7.04. The molecule has 0 aromatic rings. The van der Waals surface area contributed by atoms with E-state index < -0.39 is 0 Å². The molecule has 1 aliphatic rings. The standard InChI is InChI=1S/C14H27NOS/c1-11(7-9-17-5)15(4)10-12-6-8-14(2,3)13(12)16/h11-12H,6-10H2,1-5H3. The molecule has 0 amide bonds. The zero-order valence-electron chi connectivity index (χ0n) is 12.0. The van der Waals surface area contributed by atoms with Crippen LogP contribution >= 0.6 is 11.8 Å². The summed E-state index contributed by atoms with van der Waals surface area (Å²) in [4.78, 5) is 14.5. The van der Waals surface area contributed by atoms with E-state index in [0.29, 0.717) is 11.8 Å². The highest BCUT2D eigenvalue weighted by atomic mass is 32.2. The van der Waals surface area contributed by atoms with Crippen LogP contribution in [0.1, 0.15) is 40.0 Å². The first kappa shape index (κ1) is 15.0. The van der Waals surface area contributed by atoms with Crippen LogP contribution in [0, 0.1) is 11.3 Å². The summed E-state index contributed by atoms with van der Waals surface area (Å²) in [5.74, 6) is 1.95. The molecule has 1 fully saturated rings. The van der Waals surface area contributed by atoms with Crippen LogP contribution in [-0.2, 0) is 4.79 Å². The maximum Gasteiger partial charge on any atom is 0.142 e. The van der Waals surface area contributed by atoms with Crippen molar-refractivity contribution in [2.75, 3.05) is 25.6 Å². The molecule has 100 valence electrons. The Kier molecular flexibility index (Phi) is 5.52. The van der Waals surface area contributed by atoms with E-state index in [4.69, 9.17) is 0 Å². The number of carbonyl (C=O) groups is 1. The molecule has 1 aliphatic carbocycles. The van der Waals surface area contributed by atoms with Crippen molar-refractivity contribution in [1.82, 2.24) is 4.90 Å². The van der Waals surface area contributed by atoms with E-state index >= 15 is 0 Å². The highest BCUT2D eigenvalue weighted by Crippen LogP contribution is 2.37. The van der Waals surface area contributed by atoms with Gasteiger partial charge in [0.1, 0.15) is 5.78 Å². The van der Waals surface area contributed by atoms with Gasteiger partial charge < -0.3 is 4.90 Å². The van der Waals surface area contributed by atoms with Gasteiger partial charge in [-0.3, -0.25) is 4.79 Å². The predicted molar refractivity (Wildman–Crippen MR) is 76.6 cm³/mol. The summed E-state index contributed by atoms with van der Waals surface area (Å²) < 4.78 is 0. The van der Waals surface area contributed by atoms with Crippen LogP contribution in [0.15, 0.2) is 0 Å². The summed E-state index contributed by atoms with van der Waals surface area (Å²) in [5, 5.41) is 0. The number of hydrogen-bond donors (Lipinski definition) is 0. The van der Waals surface area contributed by atoms with Crippen molar-refractivity contribution < 1.29 is 4.79 Å². The Hall–Kier alpha value is -0.0200. The average molecular weight is 257 g/mol. The van der Waals surface area contributed by atoms with E-state index in [1.807, 2.05) is 11.8 Å². The molecule has 0 N–H and O–H groups in total. The highest BCUT2D eigenvalue weighted by molar-refractivity contribution is 7.98. The summed E-state index contributed by atoms with van der Waals surface area (Å²) in [5.41, 5.74) is -0.0754. The summed E-state index contributed by atoms with van der Waals surface area (Å²) in [6, 6.07) is 0.582. The number of ketones is 1. The van der Waals surface area contributed by atoms with Crippen molar-refractivity contribution in [2.45, 2.75) is 46.1 Å². The van der Waals surface area contributed by atoms with Gasteiger partial charge in [-0.2, -0.15) is 11.8 Å². The van der Waals surface area contributed by atoms with E-state index in [1.165, 1.54) is 12.2 Å². The fraction of sp³-hybridized carbons (Fsp3) is 0.929. The molecule has 3 heteroatoms. The van der Waals surface area contributed by atoms with Crippen molar-refractivity contribution in [3.63, 3.8) is 0 Å². The maximum absolute atomic E-state index is 12.2. The molecular formula is C14H27NOS. The van der Waals surface area contributed by atoms with Crippen molar-refractivity contribution in [1.29, 1.82) is 0 Å². The summed E-state index contributed by atoms with van der Waals surface area (Å²) in [6.07, 6.45) is 5.49. The van der Waals surface area contributed by atoms with E-state index in [1.54, 1.807) is 0 Å². The highest BCUT2D eigenvalue weighted by Gasteiger charge is 2.40. The van der Waals surface area contributed by atoms with Crippen LogP contribution in [0.3, 0.4) is 0 Å². The number of hydrogen-bond acceptors (Lipinski definition) is 3. The molecule has 0 aromatic heterocycles. The van der Waals surface area contributed by atoms with Gasteiger partial charge in [-0.05, 0) is 45.2 Å². The lowest BCUT2D eigenvalue weighted by atomic mass is 9.89. The van der Waals surface area contributed by atoms with Crippen LogP contribution in [0.2, 0.25) is 0 Å². The molecule has 0 spiro atoms. The minimum atomic E-state index is -0.0754. The molecule has 2 unspecified atom stereocenters. The first-order chi connectivity index (χ1) is 7.88. The van der Waals surface area contributed by atoms with Gasteiger partial charge in [-0.15, -0.1) is 0 Å². The largest absolute Gasteiger partial charge is 0.303 e. The van der Waals surface area contributed by atoms with Gasteiger partial charge in [-0.25, -0.2) is 0 Å². The van der Waals surface area contributed by atoms with Crippen LogP contribution in [0.25, 0.3) is 0 Å². The Morgan fingerprint density at radius 3 is 2.65 bits per heavy atom. The number of thioether (sulfide) groups is 1. The predicted octanol–water partition coefficient (Wildman–Crippen LogP) is 3.07. The molecule has 0 bridgehead atoms. The van der Waals surface area contributed by atoms with Gasteiger partial charge in [0.25, 0.3) is 0 Å². The molecule has 0 heterocycles. The molecule has 0 radical (unpaired) electrons. The lowest BCUT2D eigenvalue weighted by Crippen LogP contribution is -2.36. The number of Topliss-reactive ketones (excluding diaryl/α,β-unsaturated/α-hetero) is 1. The Morgan fingerprint density at radius 1 is 1.53 bits per heavy atom. The van der Waals surface area contributed by atoms with Crippen molar-refractivity contribution in [2.24, 2.45) is 11.3 Å². The van der Waals surface area contributed by atoms with Gasteiger partial charge in [0.2, 0.25) is 0 Å². The number of rotatable bonds is 6. The van der Waals surface area contributed by atoms with Gasteiger partial charge >= 0.3 is 0 Å². The first-order valence-corrected chi connectivity index (χ1v) is 8.01. The number of nitrogens with zero attached hydrogens (tertiary/aromatic N) is 1. The topological polar surface area (TPSA) is 20.3 Å². The molecule has 17 heavy (non-hydrogen) atoms. The lowest BCUT2D eigenvalue weighted by molar-refractivity contribution is -0.128. The minimum absolute atomic E-state index is 0.0754. The van der Waals surface area contributed by atoms with Crippen LogP contribution in [0.4, 0.5) is 0 Å². The third-order valence-corrected chi connectivity index (χ3v) is 4.80. The molecule has 0 aromatic carbocycles. The van der Waals surface area contributed by atoms with Crippen molar-refractivity contribution in [3.8, 4) is 0 Å². The van der Waals surface area contributed by atoms with Gasteiger partial charge in [0.05, 0.1) is 0 Å². The molecular weight excluding hydrogens is 230 g/mol. The molecule has 2 nitrogen and oxygen atoms in total. The van der Waals surface area contributed by atoms with Gasteiger partial charge in [0.15, 0.2) is 0 Å². The summed E-state index contributed by atoms with van der Waals surface area (Å²) >= 11 is 1.90. The SMILES string of the molecule is CSCCC(C)N(C)CC1CCC(C)(C)C1=O. The Bertz CT molecular complexity index is 265. The van der Waals surface area contributed by atoms with E-state index in [9.17, 15) is 4.79 Å². The zero-order valence-corrected chi connectivity index (χ0v) is 12.8. The third-order valence-electron chi connectivity index (χ3n) is 4.16. The first-order valence-electron chi connectivity index (χ1n) is 6.62. The smallest absolute Gasteiger partial charge is 0.142 e. The van der Waals surface area contributed by atoms with E-state index in [-0.39, 0.29) is 11.3 Å². The molecule has 1 saturated carbocycles. The van der Waals surface area contributed by atoms with Crippen LogP contribution in [-0.4, -0.2) is 42.3 Å². The van der Waals surface area contributed by atoms with Crippen LogP contribution in [0.5, 0.6) is 0 Å². The maximum atomic E-state index is 12.2. The number of carbonyl (C=O) groups excluding carboxylic acids is 1. The Balaban J connectivity index is 2.42. The Labute approximate surface area is 111 Å². The molecule has 0 saturated heterocycles. The van der Waals surface area contributed by atoms with E-state index in [0.717, 1.165) is 19.4 Å². The minimum Gasteiger partial charge on any atom is -0.303 e. The molecule has 1 rings (SSSR count). The van der Waals surface area contributed by atoms with Crippen molar-refractivity contribution >= 4 is 17.5 Å². The molecule has 2 atom stereocenters.